The summed E-state index contributed by atoms with van der Waals surface area (Å²) in [6.45, 7) is 6.17. The molecule has 0 saturated carbocycles. The van der Waals surface area contributed by atoms with Crippen molar-refractivity contribution >= 4 is 5.69 Å². The maximum atomic E-state index is 8.98. The van der Waals surface area contributed by atoms with Crippen LogP contribution in [0.15, 0.2) is 12.3 Å². The van der Waals surface area contributed by atoms with Crippen molar-refractivity contribution in [3.63, 3.8) is 0 Å². The van der Waals surface area contributed by atoms with Gasteiger partial charge < -0.3 is 15.2 Å². The standard InChI is InChI=1S/C12H20N2O2/c1-9-7-10(11(16-4)8-13-9)14-12(2,3)5-6-15/h7-8,15H,5-6H2,1-4H3,(H,13,14). The summed E-state index contributed by atoms with van der Waals surface area (Å²) in [5, 5.41) is 12.3. The lowest BCUT2D eigenvalue weighted by Gasteiger charge is -2.27. The van der Waals surface area contributed by atoms with E-state index >= 15 is 0 Å². The van der Waals surface area contributed by atoms with Crippen molar-refractivity contribution in [2.45, 2.75) is 32.7 Å². The van der Waals surface area contributed by atoms with E-state index in [0.717, 1.165) is 17.1 Å². The second kappa shape index (κ2) is 5.16. The Balaban J connectivity index is 2.90. The summed E-state index contributed by atoms with van der Waals surface area (Å²) in [5.74, 6) is 0.719. The van der Waals surface area contributed by atoms with Crippen molar-refractivity contribution in [2.75, 3.05) is 19.0 Å². The van der Waals surface area contributed by atoms with Crippen LogP contribution in [0, 0.1) is 6.92 Å². The van der Waals surface area contributed by atoms with Crippen LogP contribution in [-0.2, 0) is 0 Å². The molecule has 1 rings (SSSR count). The molecule has 0 aliphatic rings. The van der Waals surface area contributed by atoms with Crippen molar-refractivity contribution in [3.8, 4) is 5.75 Å². The Labute approximate surface area is 96.7 Å². The molecule has 1 aromatic rings. The molecule has 0 fully saturated rings. The number of methoxy groups -OCH3 is 1. The fourth-order valence-corrected chi connectivity index (χ4v) is 1.51. The summed E-state index contributed by atoms with van der Waals surface area (Å²) in [4.78, 5) is 4.17. The van der Waals surface area contributed by atoms with Gasteiger partial charge >= 0.3 is 0 Å². The molecule has 0 atom stereocenters. The molecule has 0 aromatic carbocycles. The molecule has 0 aliphatic carbocycles. The zero-order chi connectivity index (χ0) is 12.2. The van der Waals surface area contributed by atoms with E-state index in [1.54, 1.807) is 13.3 Å². The molecule has 16 heavy (non-hydrogen) atoms. The molecule has 0 saturated heterocycles. The highest BCUT2D eigenvalue weighted by Crippen LogP contribution is 2.27. The number of hydrogen-bond acceptors (Lipinski definition) is 4. The Morgan fingerprint density at radius 3 is 2.75 bits per heavy atom. The molecule has 2 N–H and O–H groups in total. The summed E-state index contributed by atoms with van der Waals surface area (Å²) in [6, 6.07) is 1.94. The first-order valence-electron chi connectivity index (χ1n) is 5.38. The van der Waals surface area contributed by atoms with Crippen LogP contribution in [0.4, 0.5) is 5.69 Å². The van der Waals surface area contributed by atoms with Crippen LogP contribution in [0.1, 0.15) is 26.0 Å². The lowest BCUT2D eigenvalue weighted by atomic mass is 10.0. The highest BCUT2D eigenvalue weighted by atomic mass is 16.5. The summed E-state index contributed by atoms with van der Waals surface area (Å²) in [7, 11) is 1.62. The minimum atomic E-state index is -0.171. The zero-order valence-electron chi connectivity index (χ0n) is 10.4. The van der Waals surface area contributed by atoms with Crippen molar-refractivity contribution in [3.05, 3.63) is 18.0 Å². The van der Waals surface area contributed by atoms with E-state index in [-0.39, 0.29) is 12.1 Å². The minimum absolute atomic E-state index is 0.159. The lowest BCUT2D eigenvalue weighted by molar-refractivity contribution is 0.260. The molecular formula is C12H20N2O2. The molecule has 4 heteroatoms. The number of ether oxygens (including phenoxy) is 1. The Hall–Kier alpha value is -1.29. The van der Waals surface area contributed by atoms with Crippen LogP contribution in [0.25, 0.3) is 0 Å². The van der Waals surface area contributed by atoms with E-state index in [4.69, 9.17) is 9.84 Å². The van der Waals surface area contributed by atoms with Crippen LogP contribution >= 0.6 is 0 Å². The molecule has 0 radical (unpaired) electrons. The number of pyridine rings is 1. The predicted molar refractivity (Wildman–Crippen MR) is 64.9 cm³/mol. The average molecular weight is 224 g/mol. The molecule has 0 bridgehead atoms. The van der Waals surface area contributed by atoms with Gasteiger partial charge in [-0.3, -0.25) is 4.98 Å². The third-order valence-electron chi connectivity index (χ3n) is 2.43. The Morgan fingerprint density at radius 1 is 1.50 bits per heavy atom. The molecule has 0 unspecified atom stereocenters. The van der Waals surface area contributed by atoms with Crippen molar-refractivity contribution in [1.82, 2.24) is 4.98 Å². The number of aryl methyl sites for hydroxylation is 1. The first-order valence-corrected chi connectivity index (χ1v) is 5.38. The third-order valence-corrected chi connectivity index (χ3v) is 2.43. The van der Waals surface area contributed by atoms with Gasteiger partial charge in [-0.1, -0.05) is 0 Å². The van der Waals surface area contributed by atoms with Crippen LogP contribution < -0.4 is 10.1 Å². The van der Waals surface area contributed by atoms with E-state index in [9.17, 15) is 0 Å². The number of anilines is 1. The fourth-order valence-electron chi connectivity index (χ4n) is 1.51. The van der Waals surface area contributed by atoms with Gasteiger partial charge in [0, 0.05) is 17.8 Å². The summed E-state index contributed by atoms with van der Waals surface area (Å²) < 4.78 is 5.24. The Morgan fingerprint density at radius 2 is 2.19 bits per heavy atom. The number of aliphatic hydroxyl groups excluding tert-OH is 1. The van der Waals surface area contributed by atoms with Crippen LogP contribution in [-0.4, -0.2) is 29.3 Å². The number of nitrogens with one attached hydrogen (secondary N) is 1. The highest BCUT2D eigenvalue weighted by molar-refractivity contribution is 5.57. The van der Waals surface area contributed by atoms with Crippen LogP contribution in [0.3, 0.4) is 0 Å². The molecular weight excluding hydrogens is 204 g/mol. The van der Waals surface area contributed by atoms with E-state index < -0.39 is 0 Å². The largest absolute Gasteiger partial charge is 0.493 e. The first-order chi connectivity index (χ1) is 7.48. The normalized spacial score (nSPS) is 11.3. The predicted octanol–water partition coefficient (Wildman–Crippen LogP) is 1.97. The summed E-state index contributed by atoms with van der Waals surface area (Å²) in [6.07, 6.45) is 2.38. The third kappa shape index (κ3) is 3.38. The number of nitrogens with zero attached hydrogens (tertiary/aromatic N) is 1. The van der Waals surface area contributed by atoms with E-state index in [2.05, 4.69) is 10.3 Å². The van der Waals surface area contributed by atoms with Gasteiger partial charge in [0.25, 0.3) is 0 Å². The monoisotopic (exact) mass is 224 g/mol. The summed E-state index contributed by atoms with van der Waals surface area (Å²) in [5.41, 5.74) is 1.67. The maximum Gasteiger partial charge on any atom is 0.160 e. The topological polar surface area (TPSA) is 54.4 Å². The quantitative estimate of drug-likeness (QED) is 0.803. The van der Waals surface area contributed by atoms with E-state index in [1.165, 1.54) is 0 Å². The molecule has 1 aromatic heterocycles. The van der Waals surface area contributed by atoms with Gasteiger partial charge in [0.05, 0.1) is 19.0 Å². The first kappa shape index (κ1) is 12.8. The maximum absolute atomic E-state index is 8.98. The van der Waals surface area contributed by atoms with Gasteiger partial charge in [-0.2, -0.15) is 0 Å². The second-order valence-corrected chi connectivity index (χ2v) is 4.51. The Bertz CT molecular complexity index is 351. The molecule has 4 nitrogen and oxygen atoms in total. The zero-order valence-corrected chi connectivity index (χ0v) is 10.4. The van der Waals surface area contributed by atoms with E-state index in [1.807, 2.05) is 26.8 Å². The van der Waals surface area contributed by atoms with Gasteiger partial charge in [-0.05, 0) is 33.3 Å². The number of hydrogen-bond donors (Lipinski definition) is 2. The molecule has 0 amide bonds. The van der Waals surface area contributed by atoms with Gasteiger partial charge in [0.2, 0.25) is 0 Å². The van der Waals surface area contributed by atoms with Gasteiger partial charge in [-0.25, -0.2) is 0 Å². The van der Waals surface area contributed by atoms with Crippen molar-refractivity contribution in [1.29, 1.82) is 0 Å². The Kier molecular flexibility index (Phi) is 4.12. The van der Waals surface area contributed by atoms with Crippen molar-refractivity contribution in [2.24, 2.45) is 0 Å². The number of aliphatic hydroxyl groups is 1. The number of rotatable bonds is 5. The number of aromatic nitrogens is 1. The molecule has 0 aliphatic heterocycles. The van der Waals surface area contributed by atoms with E-state index in [0.29, 0.717) is 6.42 Å². The highest BCUT2D eigenvalue weighted by Gasteiger charge is 2.18. The van der Waals surface area contributed by atoms with Gasteiger partial charge in [-0.15, -0.1) is 0 Å². The lowest BCUT2D eigenvalue weighted by Crippen LogP contribution is -2.32. The van der Waals surface area contributed by atoms with Crippen molar-refractivity contribution < 1.29 is 9.84 Å². The van der Waals surface area contributed by atoms with Gasteiger partial charge in [0.15, 0.2) is 5.75 Å². The molecule has 1 heterocycles. The second-order valence-electron chi connectivity index (χ2n) is 4.51. The minimum Gasteiger partial charge on any atom is -0.493 e. The fraction of sp³-hybridized carbons (Fsp3) is 0.583. The van der Waals surface area contributed by atoms with Crippen LogP contribution in [0.2, 0.25) is 0 Å². The van der Waals surface area contributed by atoms with Gasteiger partial charge in [0.1, 0.15) is 0 Å². The summed E-state index contributed by atoms with van der Waals surface area (Å²) >= 11 is 0. The SMILES string of the molecule is COc1cnc(C)cc1NC(C)(C)CCO. The smallest absolute Gasteiger partial charge is 0.160 e. The van der Waals surface area contributed by atoms with Crippen LogP contribution in [0.5, 0.6) is 5.75 Å². The molecule has 90 valence electrons. The average Bonchev–Trinajstić information content (AvgIpc) is 2.17. The molecule has 0 spiro atoms.